The number of hydrogen-bond acceptors (Lipinski definition) is 2. The van der Waals surface area contributed by atoms with Crippen LogP contribution in [0.3, 0.4) is 0 Å². The summed E-state index contributed by atoms with van der Waals surface area (Å²) in [5.41, 5.74) is 8.56. The molecule has 0 saturated heterocycles. The van der Waals surface area contributed by atoms with Crippen molar-refractivity contribution in [3.8, 4) is 0 Å². The summed E-state index contributed by atoms with van der Waals surface area (Å²) in [6, 6.07) is 8.54. The van der Waals surface area contributed by atoms with E-state index in [9.17, 15) is 0 Å². The number of nitrogens with two attached hydrogens (primary N) is 1. The zero-order valence-electron chi connectivity index (χ0n) is 12.2. The molecule has 2 rings (SSSR count). The molecule has 0 aliphatic heterocycles. The zero-order valence-corrected chi connectivity index (χ0v) is 12.2. The third-order valence-corrected chi connectivity index (χ3v) is 3.72. The van der Waals surface area contributed by atoms with Gasteiger partial charge in [-0.2, -0.15) is 0 Å². The van der Waals surface area contributed by atoms with Crippen molar-refractivity contribution < 1.29 is 0 Å². The van der Waals surface area contributed by atoms with Crippen molar-refractivity contribution in [3.63, 3.8) is 0 Å². The molecule has 0 unspecified atom stereocenters. The lowest BCUT2D eigenvalue weighted by Gasteiger charge is -2.24. The molecule has 0 radical (unpaired) electrons. The lowest BCUT2D eigenvalue weighted by atomic mass is 9.89. The van der Waals surface area contributed by atoms with E-state index in [1.807, 2.05) is 0 Å². The van der Waals surface area contributed by atoms with Crippen LogP contribution in [0, 0.1) is 5.41 Å². The maximum atomic E-state index is 5.64. The number of hydrogen-bond donors (Lipinski definition) is 2. The van der Waals surface area contributed by atoms with E-state index in [0.717, 1.165) is 26.1 Å². The van der Waals surface area contributed by atoms with Crippen molar-refractivity contribution in [2.75, 3.05) is 13.1 Å². The van der Waals surface area contributed by atoms with E-state index in [2.05, 4.69) is 61.2 Å². The predicted molar refractivity (Wildman–Crippen MR) is 82.1 cm³/mol. The topological polar surface area (TPSA) is 43.0 Å². The van der Waals surface area contributed by atoms with Crippen molar-refractivity contribution in [2.24, 2.45) is 18.2 Å². The van der Waals surface area contributed by atoms with Crippen LogP contribution in [0.1, 0.15) is 25.8 Å². The molecule has 0 bridgehead atoms. The fourth-order valence-electron chi connectivity index (χ4n) is 2.58. The van der Waals surface area contributed by atoms with Crippen LogP contribution in [0.25, 0.3) is 10.9 Å². The molecule has 0 amide bonds. The maximum absolute atomic E-state index is 5.64. The Morgan fingerprint density at radius 3 is 2.74 bits per heavy atom. The van der Waals surface area contributed by atoms with E-state index in [4.69, 9.17) is 5.73 Å². The first-order chi connectivity index (χ1) is 9.03. The van der Waals surface area contributed by atoms with Gasteiger partial charge in [0.2, 0.25) is 0 Å². The van der Waals surface area contributed by atoms with Gasteiger partial charge in [0.15, 0.2) is 0 Å². The fourth-order valence-corrected chi connectivity index (χ4v) is 2.58. The average molecular weight is 259 g/mol. The summed E-state index contributed by atoms with van der Waals surface area (Å²) in [6.07, 6.45) is 3.27. The van der Waals surface area contributed by atoms with Gasteiger partial charge >= 0.3 is 0 Å². The number of aromatic nitrogens is 1. The molecule has 0 atom stereocenters. The molecule has 0 aliphatic rings. The molecule has 1 aromatic heterocycles. The first kappa shape index (κ1) is 14.1. The molecule has 1 aromatic carbocycles. The Balaban J connectivity index is 2.03. The number of nitrogens with one attached hydrogen (secondary N) is 1. The minimum Gasteiger partial charge on any atom is -0.350 e. The molecule has 1 heterocycles. The third kappa shape index (κ3) is 3.37. The van der Waals surface area contributed by atoms with Crippen LogP contribution < -0.4 is 11.1 Å². The van der Waals surface area contributed by atoms with Crippen LogP contribution >= 0.6 is 0 Å². The Labute approximate surface area is 115 Å². The Morgan fingerprint density at radius 1 is 1.26 bits per heavy atom. The Morgan fingerprint density at radius 2 is 2.00 bits per heavy atom. The Bertz CT molecular complexity index is 540. The van der Waals surface area contributed by atoms with E-state index < -0.39 is 0 Å². The van der Waals surface area contributed by atoms with E-state index in [1.165, 1.54) is 16.5 Å². The fraction of sp³-hybridized carbons (Fsp3) is 0.500. The number of benzene rings is 1. The summed E-state index contributed by atoms with van der Waals surface area (Å²) < 4.78 is 2.19. The molecule has 0 saturated carbocycles. The van der Waals surface area contributed by atoms with Crippen molar-refractivity contribution in [1.82, 2.24) is 9.88 Å². The Kier molecular flexibility index (Phi) is 4.27. The number of para-hydroxylation sites is 1. The quantitative estimate of drug-likeness (QED) is 0.837. The van der Waals surface area contributed by atoms with Crippen molar-refractivity contribution in [1.29, 1.82) is 0 Å². The van der Waals surface area contributed by atoms with Crippen LogP contribution in [-0.2, 0) is 13.6 Å². The number of fused-ring (bicyclic) bond motifs is 1. The van der Waals surface area contributed by atoms with Crippen LogP contribution in [-0.4, -0.2) is 17.7 Å². The second kappa shape index (κ2) is 5.76. The van der Waals surface area contributed by atoms with Crippen molar-refractivity contribution in [2.45, 2.75) is 26.8 Å². The molecule has 0 fully saturated rings. The number of nitrogens with zero attached hydrogens (tertiary/aromatic N) is 1. The summed E-state index contributed by atoms with van der Waals surface area (Å²) >= 11 is 0. The highest BCUT2D eigenvalue weighted by atomic mass is 14.9. The molecule has 3 heteroatoms. The van der Waals surface area contributed by atoms with Gasteiger partial charge in [0.05, 0.1) is 0 Å². The molecule has 104 valence electrons. The standard InChI is InChI=1S/C16H25N3/c1-16(2,8-9-17)12-18-10-13-11-19(3)15-7-5-4-6-14(13)15/h4-7,11,18H,8-10,12,17H2,1-3H3. The van der Waals surface area contributed by atoms with Gasteiger partial charge in [-0.1, -0.05) is 32.0 Å². The highest BCUT2D eigenvalue weighted by molar-refractivity contribution is 5.83. The maximum Gasteiger partial charge on any atom is 0.0481 e. The average Bonchev–Trinajstić information content (AvgIpc) is 2.67. The smallest absolute Gasteiger partial charge is 0.0481 e. The van der Waals surface area contributed by atoms with Crippen LogP contribution in [0.2, 0.25) is 0 Å². The SMILES string of the molecule is Cn1cc(CNCC(C)(C)CCN)c2ccccc21. The van der Waals surface area contributed by atoms with Gasteiger partial charge in [-0.05, 0) is 30.0 Å². The van der Waals surface area contributed by atoms with E-state index >= 15 is 0 Å². The van der Waals surface area contributed by atoms with Gasteiger partial charge in [-0.25, -0.2) is 0 Å². The van der Waals surface area contributed by atoms with Gasteiger partial charge in [-0.15, -0.1) is 0 Å². The van der Waals surface area contributed by atoms with Gasteiger partial charge in [0.25, 0.3) is 0 Å². The van der Waals surface area contributed by atoms with Gasteiger partial charge in [-0.3, -0.25) is 0 Å². The highest BCUT2D eigenvalue weighted by Crippen LogP contribution is 2.21. The molecule has 0 spiro atoms. The molecular weight excluding hydrogens is 234 g/mol. The second-order valence-corrected chi connectivity index (χ2v) is 6.09. The van der Waals surface area contributed by atoms with Crippen LogP contribution in [0.5, 0.6) is 0 Å². The largest absolute Gasteiger partial charge is 0.350 e. The summed E-state index contributed by atoms with van der Waals surface area (Å²) in [4.78, 5) is 0. The van der Waals surface area contributed by atoms with E-state index in [0.29, 0.717) is 0 Å². The third-order valence-electron chi connectivity index (χ3n) is 3.72. The molecule has 0 aliphatic carbocycles. The molecule has 2 aromatic rings. The van der Waals surface area contributed by atoms with Gasteiger partial charge < -0.3 is 15.6 Å². The highest BCUT2D eigenvalue weighted by Gasteiger charge is 2.16. The molecule has 3 N–H and O–H groups in total. The summed E-state index contributed by atoms with van der Waals surface area (Å²) in [5, 5.41) is 4.91. The van der Waals surface area contributed by atoms with Gasteiger partial charge in [0.1, 0.15) is 0 Å². The number of rotatable bonds is 6. The summed E-state index contributed by atoms with van der Waals surface area (Å²) in [5.74, 6) is 0. The second-order valence-electron chi connectivity index (χ2n) is 6.09. The minimum absolute atomic E-state index is 0.263. The first-order valence-corrected chi connectivity index (χ1v) is 6.97. The van der Waals surface area contributed by atoms with Crippen LogP contribution in [0.15, 0.2) is 30.5 Å². The lowest BCUT2D eigenvalue weighted by Crippen LogP contribution is -2.30. The summed E-state index contributed by atoms with van der Waals surface area (Å²) in [7, 11) is 2.10. The van der Waals surface area contributed by atoms with Crippen molar-refractivity contribution >= 4 is 10.9 Å². The number of aryl methyl sites for hydroxylation is 1. The normalized spacial score (nSPS) is 12.2. The van der Waals surface area contributed by atoms with E-state index in [1.54, 1.807) is 0 Å². The predicted octanol–water partition coefficient (Wildman–Crippen LogP) is 2.64. The molecule has 3 nitrogen and oxygen atoms in total. The summed E-state index contributed by atoms with van der Waals surface area (Å²) in [6.45, 7) is 7.18. The monoisotopic (exact) mass is 259 g/mol. The van der Waals surface area contributed by atoms with Gasteiger partial charge in [0, 0.05) is 37.2 Å². The Hall–Kier alpha value is -1.32. The molecule has 19 heavy (non-hydrogen) atoms. The van der Waals surface area contributed by atoms with E-state index in [-0.39, 0.29) is 5.41 Å². The zero-order chi connectivity index (χ0) is 13.9. The minimum atomic E-state index is 0.263. The lowest BCUT2D eigenvalue weighted by molar-refractivity contribution is 0.319. The first-order valence-electron chi connectivity index (χ1n) is 6.97. The van der Waals surface area contributed by atoms with Crippen molar-refractivity contribution in [3.05, 3.63) is 36.0 Å². The molecular formula is C16H25N3. The van der Waals surface area contributed by atoms with Crippen LogP contribution in [0.4, 0.5) is 0 Å².